The molecule has 0 aliphatic carbocycles. The van der Waals surface area contributed by atoms with Crippen molar-refractivity contribution in [3.63, 3.8) is 0 Å². The number of nitrogens with zero attached hydrogens (tertiary/aromatic N) is 2. The summed E-state index contributed by atoms with van der Waals surface area (Å²) in [7, 11) is 0. The fraction of sp³-hybridized carbons (Fsp3) is 0.350. The maximum absolute atomic E-state index is 5.15. The van der Waals surface area contributed by atoms with Crippen molar-refractivity contribution in [3.05, 3.63) is 235 Å². The average molecular weight is 1110 g/mol. The molecule has 0 unspecified atom stereocenters. The molecule has 0 atom stereocenters. The Hall–Kier alpha value is -7.03. The van der Waals surface area contributed by atoms with E-state index in [-0.39, 0.29) is 13.4 Å². The maximum atomic E-state index is 5.15. The lowest BCUT2D eigenvalue weighted by molar-refractivity contribution is 0.632. The Kier molecular flexibility index (Phi) is 20.7. The van der Waals surface area contributed by atoms with Crippen LogP contribution in [0.3, 0.4) is 0 Å². The molecule has 4 heteroatoms. The van der Waals surface area contributed by atoms with Crippen LogP contribution in [0.25, 0.3) is 44.8 Å². The zero-order valence-corrected chi connectivity index (χ0v) is 53.8. The third kappa shape index (κ3) is 14.7. The first-order valence-electron chi connectivity index (χ1n) is 32.1. The Morgan fingerprint density at radius 3 is 0.881 bits per heavy atom. The van der Waals surface area contributed by atoms with Crippen LogP contribution in [-0.2, 0) is 25.5 Å². The van der Waals surface area contributed by atoms with Gasteiger partial charge in [-0.05, 0) is 190 Å². The van der Waals surface area contributed by atoms with E-state index in [1.165, 1.54) is 208 Å². The molecule has 0 saturated carbocycles. The first-order valence-corrected chi connectivity index (χ1v) is 32.1. The molecule has 0 fully saturated rings. The normalized spacial score (nSPS) is 11.4. The van der Waals surface area contributed by atoms with Crippen molar-refractivity contribution < 1.29 is 0 Å². The van der Waals surface area contributed by atoms with E-state index in [4.69, 9.17) is 9.97 Å². The minimum absolute atomic E-state index is 0.159. The molecule has 0 amide bonds. The average Bonchev–Trinajstić information content (AvgIpc) is 1.37. The fourth-order valence-corrected chi connectivity index (χ4v) is 14.8. The minimum atomic E-state index is 0.159. The van der Waals surface area contributed by atoms with Crippen LogP contribution >= 0.6 is 0 Å². The van der Waals surface area contributed by atoms with Crippen molar-refractivity contribution >= 4 is 35.3 Å². The van der Waals surface area contributed by atoms with Crippen LogP contribution in [0.15, 0.2) is 146 Å². The SMILES string of the molecule is CCCCCCCc1ccnc(-c2ccc(-c3ccc(-c4ccc(-c5cc(CCCCCCC)ccn5)c(CB(c5c(C)cc(C)cc5C)c5c(C)cc(C)cc5C)c4)cc3)cc2CB(c2c(C)cc(C)cc2C)c2c(C)cc(C)cc2C)c1. The van der Waals surface area contributed by atoms with Crippen molar-refractivity contribution in [1.82, 2.24) is 9.97 Å². The van der Waals surface area contributed by atoms with Crippen molar-refractivity contribution in [1.29, 1.82) is 0 Å². The first-order chi connectivity index (χ1) is 40.5. The fourth-order valence-electron chi connectivity index (χ4n) is 14.8. The van der Waals surface area contributed by atoms with Gasteiger partial charge in [-0.1, -0.05) is 263 Å². The Labute approximate surface area is 508 Å². The van der Waals surface area contributed by atoms with E-state index < -0.39 is 0 Å². The molecule has 0 aliphatic rings. The maximum Gasteiger partial charge on any atom is 0.215 e. The van der Waals surface area contributed by atoms with Gasteiger partial charge in [0, 0.05) is 23.5 Å². The third-order valence-electron chi connectivity index (χ3n) is 18.3. The predicted octanol–water partition coefficient (Wildman–Crippen LogP) is 18.7. The van der Waals surface area contributed by atoms with Gasteiger partial charge in [0.15, 0.2) is 0 Å². The highest BCUT2D eigenvalue weighted by Crippen LogP contribution is 2.35. The molecule has 0 spiro atoms. The van der Waals surface area contributed by atoms with Crippen molar-refractivity contribution in [2.24, 2.45) is 0 Å². The lowest BCUT2D eigenvalue weighted by atomic mass is 9.35. The second kappa shape index (κ2) is 28.2. The number of aryl methyl sites for hydroxylation is 14. The Bertz CT molecular complexity index is 3300. The van der Waals surface area contributed by atoms with E-state index in [2.05, 4.69) is 230 Å². The summed E-state index contributed by atoms with van der Waals surface area (Å²) < 4.78 is 0. The number of hydrogen-bond donors (Lipinski definition) is 0. The van der Waals surface area contributed by atoms with Gasteiger partial charge in [-0.15, -0.1) is 0 Å². The summed E-state index contributed by atoms with van der Waals surface area (Å²) in [6.07, 6.45) is 20.7. The largest absolute Gasteiger partial charge is 0.256 e. The van der Waals surface area contributed by atoms with E-state index in [1.807, 2.05) is 12.4 Å². The number of rotatable bonds is 24. The number of hydrogen-bond acceptors (Lipinski definition) is 2. The van der Waals surface area contributed by atoms with Gasteiger partial charge in [-0.25, -0.2) is 0 Å². The highest BCUT2D eigenvalue weighted by molar-refractivity contribution is 6.86. The van der Waals surface area contributed by atoms with Gasteiger partial charge >= 0.3 is 0 Å². The van der Waals surface area contributed by atoms with Crippen LogP contribution < -0.4 is 21.9 Å². The monoisotopic (exact) mass is 1100 g/mol. The van der Waals surface area contributed by atoms with E-state index in [0.717, 1.165) is 36.9 Å². The van der Waals surface area contributed by atoms with Gasteiger partial charge in [-0.3, -0.25) is 9.97 Å². The summed E-state index contributed by atoms with van der Waals surface area (Å²) in [6, 6.07) is 52.2. The summed E-state index contributed by atoms with van der Waals surface area (Å²) in [5, 5.41) is 0. The van der Waals surface area contributed by atoms with E-state index >= 15 is 0 Å². The summed E-state index contributed by atoms with van der Waals surface area (Å²) in [5.41, 5.74) is 36.8. The molecule has 2 heterocycles. The molecule has 9 aromatic rings. The first kappa shape index (κ1) is 61.5. The molecule has 2 nitrogen and oxygen atoms in total. The quantitative estimate of drug-likeness (QED) is 0.0445. The van der Waals surface area contributed by atoms with Crippen LogP contribution in [0, 0.1) is 83.1 Å². The predicted molar refractivity (Wildman–Crippen MR) is 369 cm³/mol. The molecule has 0 saturated heterocycles. The molecular formula is C80H94B2N2. The van der Waals surface area contributed by atoms with Crippen molar-refractivity contribution in [3.8, 4) is 44.8 Å². The van der Waals surface area contributed by atoms with Crippen LogP contribution in [0.1, 0.15) is 167 Å². The van der Waals surface area contributed by atoms with Gasteiger partial charge in [0.05, 0.1) is 11.4 Å². The number of benzene rings is 7. The lowest BCUT2D eigenvalue weighted by Crippen LogP contribution is -2.49. The molecule has 0 radical (unpaired) electrons. The zero-order valence-electron chi connectivity index (χ0n) is 53.8. The molecule has 0 aliphatic heterocycles. The molecule has 0 N–H and O–H groups in total. The summed E-state index contributed by atoms with van der Waals surface area (Å²) in [5.74, 6) is 0. The van der Waals surface area contributed by atoms with Gasteiger partial charge in [-0.2, -0.15) is 0 Å². The van der Waals surface area contributed by atoms with E-state index in [9.17, 15) is 0 Å². The van der Waals surface area contributed by atoms with Gasteiger partial charge in [0.25, 0.3) is 0 Å². The van der Waals surface area contributed by atoms with Crippen LogP contribution in [0.5, 0.6) is 0 Å². The molecule has 9 rings (SSSR count). The van der Waals surface area contributed by atoms with Crippen molar-refractivity contribution in [2.45, 2.75) is 187 Å². The number of unbranched alkanes of at least 4 members (excludes halogenated alkanes) is 8. The van der Waals surface area contributed by atoms with E-state index in [1.54, 1.807) is 0 Å². The molecule has 7 aromatic carbocycles. The highest BCUT2D eigenvalue weighted by atomic mass is 14.7. The Morgan fingerprint density at radius 1 is 0.298 bits per heavy atom. The Morgan fingerprint density at radius 2 is 0.583 bits per heavy atom. The van der Waals surface area contributed by atoms with Crippen LogP contribution in [-0.4, -0.2) is 23.4 Å². The zero-order chi connectivity index (χ0) is 59.6. The minimum Gasteiger partial charge on any atom is -0.256 e. The standard InChI is InChI=1S/C80H94B2N2/c1-15-17-19-21-23-25-65-35-37-83-75(47-65)73-33-31-69(49-71(73)51-81(77-57(7)39-53(3)40-58(77)8)78-59(9)41-54(4)42-60(78)10)67-27-29-68(30-28-67)70-32-34-74(76-48-66(36-38-84-76)26-24-22-20-18-16-2)72(50-70)52-82(79-61(11)43-55(5)44-62(79)12)80-63(13)45-56(6)46-64(80)14/h27-50H,15-26,51-52H2,1-14H3. The second-order valence-electron chi connectivity index (χ2n) is 25.5. The smallest absolute Gasteiger partial charge is 0.215 e. The summed E-state index contributed by atoms with van der Waals surface area (Å²) in [4.78, 5) is 10.3. The van der Waals surface area contributed by atoms with Gasteiger partial charge in [0.1, 0.15) is 0 Å². The molecular weight excluding hydrogens is 1010 g/mol. The Balaban J connectivity index is 1.14. The highest BCUT2D eigenvalue weighted by Gasteiger charge is 2.30. The van der Waals surface area contributed by atoms with Crippen molar-refractivity contribution in [2.75, 3.05) is 0 Å². The molecule has 0 bridgehead atoms. The summed E-state index contributed by atoms with van der Waals surface area (Å²) >= 11 is 0. The topological polar surface area (TPSA) is 25.8 Å². The van der Waals surface area contributed by atoms with Gasteiger partial charge < -0.3 is 0 Å². The molecule has 2 aromatic heterocycles. The molecule has 430 valence electrons. The van der Waals surface area contributed by atoms with Gasteiger partial charge in [0.2, 0.25) is 13.4 Å². The second-order valence-corrected chi connectivity index (χ2v) is 25.5. The lowest BCUT2D eigenvalue weighted by Gasteiger charge is -2.25. The van der Waals surface area contributed by atoms with E-state index in [0.29, 0.717) is 0 Å². The van der Waals surface area contributed by atoms with Crippen LogP contribution in [0.4, 0.5) is 0 Å². The third-order valence-corrected chi connectivity index (χ3v) is 18.3. The summed E-state index contributed by atoms with van der Waals surface area (Å²) in [6.45, 7) is 32.4. The molecule has 84 heavy (non-hydrogen) atoms. The number of aromatic nitrogens is 2. The van der Waals surface area contributed by atoms with Crippen LogP contribution in [0.2, 0.25) is 0 Å². The number of pyridine rings is 2.